The molecule has 4 fully saturated rings. The molecule has 3 saturated carbocycles. The maximum absolute atomic E-state index is 15.0. The molecule has 14 heteroatoms. The summed E-state index contributed by atoms with van der Waals surface area (Å²) in [4.78, 5) is 16.4. The smallest absolute Gasteiger partial charge is 0.408 e. The number of hydrogen-bond donors (Lipinski definition) is 3. The van der Waals surface area contributed by atoms with Crippen molar-refractivity contribution in [2.24, 2.45) is 5.92 Å². The van der Waals surface area contributed by atoms with Gasteiger partial charge in [-0.1, -0.05) is 0 Å². The monoisotopic (exact) mass is 493 g/mol. The number of carbonyl (C=O) groups excluding carboxylic acids is 1. The number of alkyl halides is 3. The number of alkyl carbamates (subject to hydrolysis) is 1. The van der Waals surface area contributed by atoms with E-state index in [1.165, 1.54) is 23.0 Å². The van der Waals surface area contributed by atoms with Gasteiger partial charge in [0.1, 0.15) is 11.6 Å². The number of amides is 1. The molecule has 3 atom stereocenters. The third kappa shape index (κ3) is 4.11. The lowest BCUT2D eigenvalue weighted by molar-refractivity contribution is -0.0528. The minimum Gasteiger partial charge on any atom is -0.471 e. The van der Waals surface area contributed by atoms with Crippen LogP contribution in [0, 0.1) is 5.92 Å². The highest BCUT2D eigenvalue weighted by atomic mass is 19.3. The van der Waals surface area contributed by atoms with Crippen LogP contribution >= 0.6 is 0 Å². The van der Waals surface area contributed by atoms with Crippen LogP contribution in [-0.2, 0) is 9.47 Å². The fourth-order valence-electron chi connectivity index (χ4n) is 4.84. The topological polar surface area (TPSA) is 128 Å². The van der Waals surface area contributed by atoms with Crippen LogP contribution in [0.3, 0.4) is 0 Å². The maximum Gasteiger partial charge on any atom is 0.408 e. The van der Waals surface area contributed by atoms with E-state index in [4.69, 9.17) is 14.2 Å². The number of carbonyl (C=O) groups is 1. The number of aromatic amines is 1. The van der Waals surface area contributed by atoms with Gasteiger partial charge in [-0.05, 0) is 25.2 Å². The van der Waals surface area contributed by atoms with Gasteiger partial charge in [0.2, 0.25) is 5.88 Å². The highest BCUT2D eigenvalue weighted by Gasteiger charge is 2.58. The van der Waals surface area contributed by atoms with E-state index in [0.717, 1.165) is 19.3 Å². The Morgan fingerprint density at radius 1 is 1.34 bits per heavy atom. The Morgan fingerprint density at radius 3 is 2.91 bits per heavy atom. The zero-order chi connectivity index (χ0) is 24.2. The molecule has 0 spiro atoms. The molecule has 3 N–H and O–H groups in total. The van der Waals surface area contributed by atoms with Gasteiger partial charge in [0, 0.05) is 30.1 Å². The van der Waals surface area contributed by atoms with Crippen molar-refractivity contribution in [3.63, 3.8) is 0 Å². The van der Waals surface area contributed by atoms with E-state index < -0.39 is 37.5 Å². The predicted molar refractivity (Wildman–Crippen MR) is 113 cm³/mol. The van der Waals surface area contributed by atoms with Gasteiger partial charge in [0.25, 0.3) is 6.43 Å². The molecule has 1 aliphatic heterocycles. The second-order valence-electron chi connectivity index (χ2n) is 9.15. The van der Waals surface area contributed by atoms with Gasteiger partial charge in [-0.15, -0.1) is 5.10 Å². The van der Waals surface area contributed by atoms with Crippen molar-refractivity contribution in [1.29, 1.82) is 0 Å². The van der Waals surface area contributed by atoms with E-state index in [1.54, 1.807) is 6.07 Å². The Bertz CT molecular complexity index is 1230. The predicted octanol–water partition coefficient (Wildman–Crippen LogP) is 2.90. The highest BCUT2D eigenvalue weighted by Crippen LogP contribution is 2.57. The molecule has 186 valence electrons. The molecule has 35 heavy (non-hydrogen) atoms. The Labute approximate surface area is 196 Å². The molecule has 2 bridgehead atoms. The summed E-state index contributed by atoms with van der Waals surface area (Å²) in [5.41, 5.74) is 0.663. The number of anilines is 2. The number of hydrogen-bond acceptors (Lipinski definition) is 8. The number of ether oxygens (including phenoxy) is 3. The molecule has 0 aromatic carbocycles. The van der Waals surface area contributed by atoms with Crippen molar-refractivity contribution < 1.29 is 32.2 Å². The molecule has 7 rings (SSSR count). The lowest BCUT2D eigenvalue weighted by Gasteiger charge is -2.61. The van der Waals surface area contributed by atoms with Crippen LogP contribution < -0.4 is 15.4 Å². The highest BCUT2D eigenvalue weighted by molar-refractivity contribution is 5.73. The number of fused-ring (bicyclic) bond motifs is 1. The molecule has 3 aromatic rings. The molecule has 4 aliphatic rings. The van der Waals surface area contributed by atoms with Gasteiger partial charge < -0.3 is 24.8 Å². The summed E-state index contributed by atoms with van der Waals surface area (Å²) in [7, 11) is 0. The number of nitrogens with zero attached hydrogens (tertiary/aromatic N) is 4. The van der Waals surface area contributed by atoms with E-state index in [0.29, 0.717) is 28.8 Å². The number of H-pyrrole nitrogens is 1. The Morgan fingerprint density at radius 2 is 2.17 bits per heavy atom. The van der Waals surface area contributed by atoms with Crippen molar-refractivity contribution in [3.05, 3.63) is 30.2 Å². The standard InChI is InChI=1S/C21H22F3N7O4/c22-14(23)9-33-16-4-12-19(25-1-2-31(12)30-16)26-15-3-11(28-29-15)18-17(24)13(8-34-18)35-20(32)27-21-5-10(6-21)7-21/h1-4,10,13-14,17-18H,5-9H2,(H,27,32)(H2,25,26,28,29)/t10?,13-,17-,18-,21?/m0/s1. The van der Waals surface area contributed by atoms with Crippen molar-refractivity contribution in [2.75, 3.05) is 18.5 Å². The summed E-state index contributed by atoms with van der Waals surface area (Å²) in [6.07, 6.45) is -0.956. The van der Waals surface area contributed by atoms with E-state index >= 15 is 4.39 Å². The minimum atomic E-state index is -2.62. The summed E-state index contributed by atoms with van der Waals surface area (Å²) >= 11 is 0. The molecular weight excluding hydrogens is 471 g/mol. The zero-order valence-electron chi connectivity index (χ0n) is 18.3. The van der Waals surface area contributed by atoms with Crippen LogP contribution in [0.15, 0.2) is 24.5 Å². The third-order valence-electron chi connectivity index (χ3n) is 6.62. The van der Waals surface area contributed by atoms with Crippen LogP contribution in [0.2, 0.25) is 0 Å². The average Bonchev–Trinajstić information content (AvgIpc) is 3.48. The van der Waals surface area contributed by atoms with Gasteiger partial charge in [-0.3, -0.25) is 5.10 Å². The quantitative estimate of drug-likeness (QED) is 0.437. The largest absolute Gasteiger partial charge is 0.471 e. The van der Waals surface area contributed by atoms with Crippen LogP contribution in [0.25, 0.3) is 5.52 Å². The van der Waals surface area contributed by atoms with Crippen molar-refractivity contribution in [2.45, 2.75) is 49.6 Å². The fraction of sp³-hybridized carbons (Fsp3) is 0.524. The van der Waals surface area contributed by atoms with Crippen molar-refractivity contribution in [3.8, 4) is 5.88 Å². The fourth-order valence-corrected chi connectivity index (χ4v) is 4.84. The van der Waals surface area contributed by atoms with E-state index in [9.17, 15) is 13.6 Å². The number of nitrogens with one attached hydrogen (secondary N) is 3. The first kappa shape index (κ1) is 21.9. The second-order valence-corrected chi connectivity index (χ2v) is 9.15. The summed E-state index contributed by atoms with van der Waals surface area (Å²) < 4.78 is 57.0. The van der Waals surface area contributed by atoms with Gasteiger partial charge in [0.15, 0.2) is 30.5 Å². The summed E-state index contributed by atoms with van der Waals surface area (Å²) in [5.74, 6) is 1.37. The molecule has 1 amide bonds. The zero-order valence-corrected chi connectivity index (χ0v) is 18.3. The first-order valence-electron chi connectivity index (χ1n) is 11.2. The van der Waals surface area contributed by atoms with Gasteiger partial charge in [-0.25, -0.2) is 27.5 Å². The lowest BCUT2D eigenvalue weighted by Crippen LogP contribution is -2.68. The number of halogens is 3. The SMILES string of the molecule is O=C(NC12CC(C1)C2)O[C@H]1CO[C@@H](c2cc(Nc3nccn4nc(OCC(F)F)cc34)n[nH]2)[C@H]1F. The first-order chi connectivity index (χ1) is 16.9. The lowest BCUT2D eigenvalue weighted by atomic mass is 9.50. The molecule has 3 aromatic heterocycles. The molecule has 0 unspecified atom stereocenters. The van der Waals surface area contributed by atoms with E-state index in [-0.39, 0.29) is 18.0 Å². The van der Waals surface area contributed by atoms with Gasteiger partial charge in [0.05, 0.1) is 12.3 Å². The average molecular weight is 493 g/mol. The second kappa shape index (κ2) is 8.29. The molecule has 3 aliphatic carbocycles. The van der Waals surface area contributed by atoms with Crippen LogP contribution in [-0.4, -0.2) is 68.3 Å². The van der Waals surface area contributed by atoms with Crippen molar-refractivity contribution >= 4 is 23.2 Å². The molecular formula is C21H22F3N7O4. The van der Waals surface area contributed by atoms with Crippen LogP contribution in [0.4, 0.5) is 29.6 Å². The number of rotatable bonds is 8. The van der Waals surface area contributed by atoms with Crippen molar-refractivity contribution in [1.82, 2.24) is 30.1 Å². The third-order valence-corrected chi connectivity index (χ3v) is 6.62. The van der Waals surface area contributed by atoms with Crippen LogP contribution in [0.1, 0.15) is 31.1 Å². The summed E-state index contributed by atoms with van der Waals surface area (Å²) in [6, 6.07) is 3.01. The first-order valence-corrected chi connectivity index (χ1v) is 11.2. The van der Waals surface area contributed by atoms with Crippen LogP contribution in [0.5, 0.6) is 5.88 Å². The molecule has 0 radical (unpaired) electrons. The van der Waals surface area contributed by atoms with Gasteiger partial charge >= 0.3 is 6.09 Å². The number of aromatic nitrogens is 5. The molecule has 11 nitrogen and oxygen atoms in total. The Balaban J connectivity index is 1.09. The summed E-state index contributed by atoms with van der Waals surface area (Å²) in [5, 5.41) is 16.7. The molecule has 1 saturated heterocycles. The van der Waals surface area contributed by atoms with E-state index in [1.807, 2.05) is 0 Å². The maximum atomic E-state index is 15.0. The Hall–Kier alpha value is -3.55. The normalized spacial score (nSPS) is 29.0. The Kier molecular flexibility index (Phi) is 5.20. The minimum absolute atomic E-state index is 0.0211. The summed E-state index contributed by atoms with van der Waals surface area (Å²) in [6.45, 7) is -0.850. The van der Waals surface area contributed by atoms with E-state index in [2.05, 4.69) is 30.9 Å². The van der Waals surface area contributed by atoms with Gasteiger partial charge in [-0.2, -0.15) is 5.10 Å². The molecule has 4 heterocycles.